The van der Waals surface area contributed by atoms with Crippen LogP contribution in [0, 0.1) is 0 Å². The molecule has 0 aliphatic carbocycles. The van der Waals surface area contributed by atoms with Gasteiger partial charge in [0.1, 0.15) is 6.61 Å². The molecule has 2 rings (SSSR count). The Balaban J connectivity index is 2.74. The summed E-state index contributed by atoms with van der Waals surface area (Å²) in [7, 11) is 0. The zero-order valence-corrected chi connectivity index (χ0v) is 6.86. The van der Waals surface area contributed by atoms with Crippen LogP contribution in [0.1, 0.15) is 5.82 Å². The Hall–Kier alpha value is -1.13. The van der Waals surface area contributed by atoms with Crippen molar-refractivity contribution in [1.82, 2.24) is 14.6 Å². The van der Waals surface area contributed by atoms with Gasteiger partial charge in [0.15, 0.2) is 11.5 Å². The zero-order valence-electron chi connectivity index (χ0n) is 6.11. The fourth-order valence-corrected chi connectivity index (χ4v) is 1.19. The third-order valence-corrected chi connectivity index (χ3v) is 1.80. The highest BCUT2D eigenvalue weighted by Gasteiger charge is 2.03. The van der Waals surface area contributed by atoms with E-state index in [2.05, 4.69) is 10.1 Å². The standard InChI is InChI=1S/C7H6ClN3O/c8-5-2-1-3-11-7(5)9-6(4-12)10-11/h1-3,12H,4H2. The van der Waals surface area contributed by atoms with E-state index in [-0.39, 0.29) is 6.61 Å². The fourth-order valence-electron chi connectivity index (χ4n) is 0.985. The van der Waals surface area contributed by atoms with Crippen molar-refractivity contribution in [3.8, 4) is 0 Å². The lowest BCUT2D eigenvalue weighted by Gasteiger charge is -1.90. The number of hydrogen-bond donors (Lipinski definition) is 1. The van der Waals surface area contributed by atoms with E-state index in [0.717, 1.165) is 0 Å². The molecule has 2 heterocycles. The van der Waals surface area contributed by atoms with Crippen LogP contribution in [-0.4, -0.2) is 19.7 Å². The first kappa shape index (κ1) is 7.52. The van der Waals surface area contributed by atoms with Crippen LogP contribution in [0.25, 0.3) is 5.65 Å². The normalized spacial score (nSPS) is 10.8. The smallest absolute Gasteiger partial charge is 0.177 e. The molecule has 0 bridgehead atoms. The lowest BCUT2D eigenvalue weighted by molar-refractivity contribution is 0.271. The van der Waals surface area contributed by atoms with Crippen molar-refractivity contribution in [3.05, 3.63) is 29.2 Å². The van der Waals surface area contributed by atoms with Gasteiger partial charge in [0, 0.05) is 6.20 Å². The lowest BCUT2D eigenvalue weighted by atomic mass is 10.5. The molecule has 0 spiro atoms. The molecule has 0 unspecified atom stereocenters. The molecule has 1 N–H and O–H groups in total. The van der Waals surface area contributed by atoms with Crippen molar-refractivity contribution < 1.29 is 5.11 Å². The van der Waals surface area contributed by atoms with Gasteiger partial charge in [-0.05, 0) is 12.1 Å². The highest BCUT2D eigenvalue weighted by atomic mass is 35.5. The molecule has 0 fully saturated rings. The zero-order chi connectivity index (χ0) is 8.55. The molecule has 62 valence electrons. The van der Waals surface area contributed by atoms with Gasteiger partial charge in [0.25, 0.3) is 0 Å². The van der Waals surface area contributed by atoms with Crippen molar-refractivity contribution in [2.45, 2.75) is 6.61 Å². The minimum absolute atomic E-state index is 0.169. The molecule has 5 heteroatoms. The Bertz CT molecular complexity index is 412. The monoisotopic (exact) mass is 183 g/mol. The number of rotatable bonds is 1. The van der Waals surface area contributed by atoms with Crippen molar-refractivity contribution in [3.63, 3.8) is 0 Å². The van der Waals surface area contributed by atoms with Gasteiger partial charge in [-0.25, -0.2) is 9.50 Å². The molecule has 0 aromatic carbocycles. The lowest BCUT2D eigenvalue weighted by Crippen LogP contribution is -1.87. The highest BCUT2D eigenvalue weighted by Crippen LogP contribution is 2.13. The van der Waals surface area contributed by atoms with Gasteiger partial charge in [-0.2, -0.15) is 0 Å². The van der Waals surface area contributed by atoms with Crippen LogP contribution in [0.2, 0.25) is 5.02 Å². The summed E-state index contributed by atoms with van der Waals surface area (Å²) < 4.78 is 1.54. The van der Waals surface area contributed by atoms with E-state index in [1.54, 1.807) is 18.3 Å². The minimum atomic E-state index is -0.169. The molecule has 0 saturated heterocycles. The predicted molar refractivity (Wildman–Crippen MR) is 43.9 cm³/mol. The average molecular weight is 184 g/mol. The second kappa shape index (κ2) is 2.73. The molecule has 0 amide bonds. The van der Waals surface area contributed by atoms with Crippen LogP contribution in [0.3, 0.4) is 0 Å². The SMILES string of the molecule is OCc1nc2c(Cl)cccn2n1. The van der Waals surface area contributed by atoms with E-state index in [1.807, 2.05) is 0 Å². The molecule has 0 aliphatic heterocycles. The Morgan fingerprint density at radius 3 is 3.08 bits per heavy atom. The molecule has 0 saturated carbocycles. The van der Waals surface area contributed by atoms with E-state index in [0.29, 0.717) is 16.5 Å². The van der Waals surface area contributed by atoms with Crippen LogP contribution >= 0.6 is 11.6 Å². The summed E-state index contributed by atoms with van der Waals surface area (Å²) in [6, 6.07) is 3.50. The number of nitrogens with zero attached hydrogens (tertiary/aromatic N) is 3. The van der Waals surface area contributed by atoms with Crippen LogP contribution in [0.15, 0.2) is 18.3 Å². The van der Waals surface area contributed by atoms with Gasteiger partial charge >= 0.3 is 0 Å². The topological polar surface area (TPSA) is 50.4 Å². The van der Waals surface area contributed by atoms with E-state index < -0.39 is 0 Å². The van der Waals surface area contributed by atoms with Gasteiger partial charge in [-0.15, -0.1) is 5.10 Å². The maximum atomic E-state index is 8.75. The number of halogens is 1. The molecular formula is C7H6ClN3O. The van der Waals surface area contributed by atoms with E-state index >= 15 is 0 Å². The largest absolute Gasteiger partial charge is 0.388 e. The van der Waals surface area contributed by atoms with E-state index in [4.69, 9.17) is 16.7 Å². The molecule has 0 atom stereocenters. The fraction of sp³-hybridized carbons (Fsp3) is 0.143. The second-order valence-corrected chi connectivity index (χ2v) is 2.72. The third-order valence-electron chi connectivity index (χ3n) is 1.50. The number of aliphatic hydroxyl groups is 1. The molecule has 12 heavy (non-hydrogen) atoms. The number of aliphatic hydroxyl groups excluding tert-OH is 1. The van der Waals surface area contributed by atoms with Crippen molar-refractivity contribution >= 4 is 17.2 Å². The first-order chi connectivity index (χ1) is 5.81. The molecule has 4 nitrogen and oxygen atoms in total. The number of aromatic nitrogens is 3. The Morgan fingerprint density at radius 2 is 2.42 bits per heavy atom. The number of hydrogen-bond acceptors (Lipinski definition) is 3. The van der Waals surface area contributed by atoms with Gasteiger partial charge < -0.3 is 5.11 Å². The summed E-state index contributed by atoms with van der Waals surface area (Å²) in [5.41, 5.74) is 0.572. The maximum absolute atomic E-state index is 8.75. The van der Waals surface area contributed by atoms with Gasteiger partial charge in [0.05, 0.1) is 5.02 Å². The average Bonchev–Trinajstić information content (AvgIpc) is 2.49. The number of pyridine rings is 1. The summed E-state index contributed by atoms with van der Waals surface area (Å²) >= 11 is 5.82. The van der Waals surface area contributed by atoms with E-state index in [9.17, 15) is 0 Å². The quantitative estimate of drug-likeness (QED) is 0.714. The van der Waals surface area contributed by atoms with Crippen molar-refractivity contribution in [2.75, 3.05) is 0 Å². The van der Waals surface area contributed by atoms with Gasteiger partial charge in [0.2, 0.25) is 0 Å². The van der Waals surface area contributed by atoms with Gasteiger partial charge in [-0.1, -0.05) is 11.6 Å². The molecule has 2 aromatic heterocycles. The summed E-state index contributed by atoms with van der Waals surface area (Å²) in [5, 5.41) is 13.2. The first-order valence-corrected chi connectivity index (χ1v) is 3.79. The first-order valence-electron chi connectivity index (χ1n) is 3.42. The highest BCUT2D eigenvalue weighted by molar-refractivity contribution is 6.33. The summed E-state index contributed by atoms with van der Waals surface area (Å²) in [5.74, 6) is 0.378. The summed E-state index contributed by atoms with van der Waals surface area (Å²) in [6.45, 7) is -0.169. The molecule has 2 aromatic rings. The molecule has 0 aliphatic rings. The van der Waals surface area contributed by atoms with Crippen LogP contribution in [-0.2, 0) is 6.61 Å². The maximum Gasteiger partial charge on any atom is 0.177 e. The molecular weight excluding hydrogens is 178 g/mol. The van der Waals surface area contributed by atoms with Crippen LogP contribution < -0.4 is 0 Å². The van der Waals surface area contributed by atoms with Crippen molar-refractivity contribution in [1.29, 1.82) is 0 Å². The Labute approximate surface area is 73.4 Å². The number of fused-ring (bicyclic) bond motifs is 1. The Kier molecular flexibility index (Phi) is 1.71. The molecule has 0 radical (unpaired) electrons. The van der Waals surface area contributed by atoms with Crippen LogP contribution in [0.5, 0.6) is 0 Å². The summed E-state index contributed by atoms with van der Waals surface area (Å²) in [6.07, 6.45) is 1.73. The second-order valence-electron chi connectivity index (χ2n) is 2.31. The van der Waals surface area contributed by atoms with Gasteiger partial charge in [-0.3, -0.25) is 0 Å². The summed E-state index contributed by atoms with van der Waals surface area (Å²) in [4.78, 5) is 4.00. The Morgan fingerprint density at radius 1 is 1.58 bits per heavy atom. The van der Waals surface area contributed by atoms with E-state index in [1.165, 1.54) is 4.52 Å². The third kappa shape index (κ3) is 1.05. The minimum Gasteiger partial charge on any atom is -0.388 e. The van der Waals surface area contributed by atoms with Crippen molar-refractivity contribution in [2.24, 2.45) is 0 Å². The predicted octanol–water partition coefficient (Wildman–Crippen LogP) is 0.875. The van der Waals surface area contributed by atoms with Crippen LogP contribution in [0.4, 0.5) is 0 Å².